The lowest BCUT2D eigenvalue weighted by atomic mass is 10.1. The molecule has 48 heavy (non-hydrogen) atoms. The lowest BCUT2D eigenvalue weighted by Crippen LogP contribution is -2.44. The standard InChI is InChI=1S/C27H39FN5O14P/c28-20-10-7-16(15-30-20)24(38)29-13-3-1-2-6-21(34)32-18(26(41)42)8-11-22(35)31-17(25(39)40)5-4-14-47-48(45,46)33-19(27(43)44)9-12-23(36)37/h7,10,15,17-19H,1-6,8-9,11-14H2,(H,29,38)(H,31,35)(H,32,34)(H,36,37)(H,39,40)(H,41,42)(H,43,44)(H2,33,45,46)/t17-,18-,19-/m0/s1. The molecule has 0 radical (unpaired) electrons. The van der Waals surface area contributed by atoms with Crippen LogP contribution in [0.3, 0.4) is 0 Å². The van der Waals surface area contributed by atoms with Crippen LogP contribution in [0.2, 0.25) is 0 Å². The number of carboxylic acid groups (broad SMARTS) is 4. The normalized spacial score (nSPS) is 14.0. The van der Waals surface area contributed by atoms with E-state index in [1.807, 2.05) is 5.09 Å². The number of nitrogens with zero attached hydrogens (tertiary/aromatic N) is 1. The van der Waals surface area contributed by atoms with Crippen LogP contribution in [0.5, 0.6) is 0 Å². The Hall–Kier alpha value is -4.52. The van der Waals surface area contributed by atoms with Gasteiger partial charge in [-0.3, -0.25) is 28.5 Å². The maximum atomic E-state index is 12.8. The van der Waals surface area contributed by atoms with Gasteiger partial charge in [0.05, 0.1) is 12.2 Å². The number of pyridine rings is 1. The first-order valence-electron chi connectivity index (χ1n) is 14.6. The third kappa shape index (κ3) is 18.0. The molecule has 0 aliphatic heterocycles. The lowest BCUT2D eigenvalue weighted by molar-refractivity contribution is -0.143. The Balaban J connectivity index is 2.40. The van der Waals surface area contributed by atoms with Crippen LogP contribution < -0.4 is 21.0 Å². The monoisotopic (exact) mass is 707 g/mol. The van der Waals surface area contributed by atoms with Crippen molar-refractivity contribution in [2.45, 2.75) is 82.3 Å². The number of aromatic nitrogens is 1. The van der Waals surface area contributed by atoms with Gasteiger partial charge in [0.25, 0.3) is 5.91 Å². The molecule has 1 unspecified atom stereocenters. The van der Waals surface area contributed by atoms with Gasteiger partial charge in [0, 0.05) is 32.0 Å². The van der Waals surface area contributed by atoms with Crippen molar-refractivity contribution < 1.29 is 72.4 Å². The fourth-order valence-electron chi connectivity index (χ4n) is 3.95. The summed E-state index contributed by atoms with van der Waals surface area (Å²) >= 11 is 0. The zero-order valence-corrected chi connectivity index (χ0v) is 26.5. The quantitative estimate of drug-likeness (QED) is 0.0373. The van der Waals surface area contributed by atoms with Gasteiger partial charge in [-0.2, -0.15) is 4.39 Å². The Kier molecular flexibility index (Phi) is 18.5. The molecule has 0 bridgehead atoms. The van der Waals surface area contributed by atoms with Gasteiger partial charge in [0.2, 0.25) is 17.8 Å². The molecule has 4 atom stereocenters. The summed E-state index contributed by atoms with van der Waals surface area (Å²) in [6.07, 6.45) is -0.000265. The van der Waals surface area contributed by atoms with Crippen LogP contribution in [0.4, 0.5) is 4.39 Å². The Labute approximate surface area is 273 Å². The van der Waals surface area contributed by atoms with Crippen LogP contribution in [0.25, 0.3) is 0 Å². The molecular formula is C27H39FN5O14P. The molecule has 1 aromatic rings. The molecule has 0 fully saturated rings. The maximum absolute atomic E-state index is 12.8. The molecule has 268 valence electrons. The highest BCUT2D eigenvalue weighted by atomic mass is 31.2. The van der Waals surface area contributed by atoms with Crippen molar-refractivity contribution in [3.05, 3.63) is 29.8 Å². The third-order valence-electron chi connectivity index (χ3n) is 6.45. The van der Waals surface area contributed by atoms with Crippen molar-refractivity contribution in [3.8, 4) is 0 Å². The fourth-order valence-corrected chi connectivity index (χ4v) is 5.03. The highest BCUT2D eigenvalue weighted by molar-refractivity contribution is 7.50. The maximum Gasteiger partial charge on any atom is 0.403 e. The largest absolute Gasteiger partial charge is 0.481 e. The van der Waals surface area contributed by atoms with Gasteiger partial charge in [-0.1, -0.05) is 6.42 Å². The highest BCUT2D eigenvalue weighted by Gasteiger charge is 2.30. The summed E-state index contributed by atoms with van der Waals surface area (Å²) in [5, 5.41) is 45.5. The molecule has 0 saturated carbocycles. The number of carboxylic acids is 4. The van der Waals surface area contributed by atoms with Crippen LogP contribution in [0, 0.1) is 5.95 Å². The summed E-state index contributed by atoms with van der Waals surface area (Å²) in [5.41, 5.74) is 0.184. The van der Waals surface area contributed by atoms with Crippen molar-refractivity contribution >= 4 is 49.3 Å². The molecule has 9 N–H and O–H groups in total. The Morgan fingerprint density at radius 2 is 1.35 bits per heavy atom. The zero-order valence-electron chi connectivity index (χ0n) is 25.6. The molecule has 0 aliphatic carbocycles. The van der Waals surface area contributed by atoms with Gasteiger partial charge >= 0.3 is 31.6 Å². The summed E-state index contributed by atoms with van der Waals surface area (Å²) in [6, 6.07) is -2.31. The number of carbonyl (C=O) groups is 7. The summed E-state index contributed by atoms with van der Waals surface area (Å²) in [4.78, 5) is 94.7. The second-order valence-electron chi connectivity index (χ2n) is 10.3. The third-order valence-corrected chi connectivity index (χ3v) is 7.62. The molecule has 0 aliphatic rings. The average Bonchev–Trinajstić information content (AvgIpc) is 3.00. The second-order valence-corrected chi connectivity index (χ2v) is 11.9. The number of hydrogen-bond donors (Lipinski definition) is 9. The van der Waals surface area contributed by atoms with Gasteiger partial charge in [-0.15, -0.1) is 0 Å². The molecule has 0 aromatic carbocycles. The Bertz CT molecular complexity index is 1330. The minimum Gasteiger partial charge on any atom is -0.481 e. The molecule has 1 aromatic heterocycles. The number of unbranched alkanes of at least 4 members (excludes halogenated alkanes) is 2. The van der Waals surface area contributed by atoms with Crippen molar-refractivity contribution in [2.75, 3.05) is 13.2 Å². The average molecular weight is 708 g/mol. The highest BCUT2D eigenvalue weighted by Crippen LogP contribution is 2.38. The minimum atomic E-state index is -4.72. The van der Waals surface area contributed by atoms with Crippen LogP contribution in [-0.2, 0) is 37.9 Å². The smallest absolute Gasteiger partial charge is 0.403 e. The van der Waals surface area contributed by atoms with E-state index >= 15 is 0 Å². The summed E-state index contributed by atoms with van der Waals surface area (Å²) in [7, 11) is -4.72. The number of carbonyl (C=O) groups excluding carboxylic acids is 3. The van der Waals surface area contributed by atoms with E-state index in [2.05, 4.69) is 20.9 Å². The number of nitrogens with one attached hydrogen (secondary N) is 4. The molecule has 0 spiro atoms. The predicted molar refractivity (Wildman–Crippen MR) is 160 cm³/mol. The zero-order chi connectivity index (χ0) is 36.3. The lowest BCUT2D eigenvalue weighted by Gasteiger charge is -2.19. The van der Waals surface area contributed by atoms with E-state index in [0.29, 0.717) is 19.3 Å². The van der Waals surface area contributed by atoms with Crippen LogP contribution >= 0.6 is 7.75 Å². The van der Waals surface area contributed by atoms with E-state index in [4.69, 9.17) is 14.7 Å². The van der Waals surface area contributed by atoms with Gasteiger partial charge in [0.1, 0.15) is 18.1 Å². The van der Waals surface area contributed by atoms with Crippen molar-refractivity contribution in [3.63, 3.8) is 0 Å². The topological polar surface area (TPSA) is 308 Å². The molecule has 1 rings (SSSR count). The van der Waals surface area contributed by atoms with Gasteiger partial charge < -0.3 is 41.3 Å². The molecule has 3 amide bonds. The first-order valence-corrected chi connectivity index (χ1v) is 16.2. The molecule has 1 heterocycles. The van der Waals surface area contributed by atoms with Gasteiger partial charge in [-0.25, -0.2) is 24.2 Å². The van der Waals surface area contributed by atoms with E-state index < -0.39 is 99.3 Å². The second kappa shape index (κ2) is 21.4. The summed E-state index contributed by atoms with van der Waals surface area (Å²) in [6.45, 7) is -0.265. The minimum absolute atomic E-state index is 0.0371. The number of hydrogen-bond acceptors (Lipinski definition) is 10. The van der Waals surface area contributed by atoms with E-state index in [9.17, 15) is 57.6 Å². The van der Waals surface area contributed by atoms with E-state index in [1.165, 1.54) is 6.07 Å². The van der Waals surface area contributed by atoms with Gasteiger partial charge in [-0.05, 0) is 50.7 Å². The predicted octanol–water partition coefficient (Wildman–Crippen LogP) is 0.235. The van der Waals surface area contributed by atoms with E-state index in [0.717, 1.165) is 12.3 Å². The number of aliphatic carboxylic acids is 4. The van der Waals surface area contributed by atoms with Crippen LogP contribution in [-0.4, -0.2) is 103 Å². The van der Waals surface area contributed by atoms with E-state index in [-0.39, 0.29) is 37.8 Å². The first-order chi connectivity index (χ1) is 22.5. The summed E-state index contributed by atoms with van der Waals surface area (Å²) in [5.74, 6) is -8.41. The van der Waals surface area contributed by atoms with Gasteiger partial charge in [0.15, 0.2) is 0 Å². The van der Waals surface area contributed by atoms with Crippen LogP contribution in [0.15, 0.2) is 18.3 Å². The van der Waals surface area contributed by atoms with Crippen molar-refractivity contribution in [2.24, 2.45) is 0 Å². The SMILES string of the molecule is O=C(O)CC[C@H](NP(=O)(O)OCCC[C@H](NC(=O)CC[C@H](NC(=O)CCCCCNC(=O)c1ccc(F)nc1)C(=O)O)C(=O)O)C(=O)O. The van der Waals surface area contributed by atoms with Crippen LogP contribution in [0.1, 0.15) is 74.6 Å². The van der Waals surface area contributed by atoms with Crippen molar-refractivity contribution in [1.82, 2.24) is 26.0 Å². The number of halogens is 1. The summed E-state index contributed by atoms with van der Waals surface area (Å²) < 4.78 is 29.7. The Morgan fingerprint density at radius 1 is 0.771 bits per heavy atom. The fraction of sp³-hybridized carbons (Fsp3) is 0.556. The molecule has 19 nitrogen and oxygen atoms in total. The Morgan fingerprint density at radius 3 is 1.92 bits per heavy atom. The molecular weight excluding hydrogens is 668 g/mol. The molecule has 0 saturated heterocycles. The van der Waals surface area contributed by atoms with E-state index in [1.54, 1.807) is 0 Å². The van der Waals surface area contributed by atoms with Crippen molar-refractivity contribution in [1.29, 1.82) is 0 Å². The number of amides is 3. The first kappa shape index (κ1) is 41.5. The molecule has 21 heteroatoms. The number of rotatable bonds is 25.